The second-order valence-corrected chi connectivity index (χ2v) is 5.74. The monoisotopic (exact) mass is 286 g/mol. The molecule has 2 aromatic rings. The van der Waals surface area contributed by atoms with E-state index in [-0.39, 0.29) is 11.8 Å². The molecule has 0 radical (unpaired) electrons. The molecule has 1 aromatic heterocycles. The number of piperidine rings is 1. The molecule has 0 unspecified atom stereocenters. The lowest BCUT2D eigenvalue weighted by Crippen LogP contribution is -2.39. The number of aryl methyl sites for hydroxylation is 1. The Bertz CT molecular complexity index is 641. The number of benzene rings is 1. The normalized spacial score (nSPS) is 17.2. The maximum absolute atomic E-state index is 11.7. The Morgan fingerprint density at radius 2 is 2.05 bits per heavy atom. The van der Waals surface area contributed by atoms with E-state index in [0.29, 0.717) is 0 Å². The number of rotatable bonds is 3. The minimum absolute atomic E-state index is 0.173. The molecule has 0 atom stereocenters. The lowest BCUT2D eigenvalue weighted by Gasteiger charge is -2.30. The highest BCUT2D eigenvalue weighted by Crippen LogP contribution is 2.20. The summed E-state index contributed by atoms with van der Waals surface area (Å²) in [6.45, 7) is 2.77. The van der Waals surface area contributed by atoms with Gasteiger partial charge in [-0.3, -0.25) is 9.69 Å². The van der Waals surface area contributed by atoms with Crippen molar-refractivity contribution in [2.45, 2.75) is 19.4 Å². The predicted molar refractivity (Wildman–Crippen MR) is 82.8 cm³/mol. The third-order valence-electron chi connectivity index (χ3n) is 4.45. The number of carbonyl (C=O) groups excluding carboxylic acids is 1. The SMILES string of the molecule is CNC(=O)C1CCN(Cc2nc3ccccc3n2C)CC1. The molecule has 1 aliphatic rings. The van der Waals surface area contributed by atoms with Gasteiger partial charge in [0.25, 0.3) is 0 Å². The molecule has 0 aliphatic carbocycles. The van der Waals surface area contributed by atoms with Crippen LogP contribution in [0.5, 0.6) is 0 Å². The van der Waals surface area contributed by atoms with E-state index < -0.39 is 0 Å². The molecule has 1 aromatic carbocycles. The van der Waals surface area contributed by atoms with Gasteiger partial charge in [-0.1, -0.05) is 12.1 Å². The van der Waals surface area contributed by atoms with Crippen LogP contribution in [0.4, 0.5) is 0 Å². The van der Waals surface area contributed by atoms with Crippen molar-refractivity contribution in [3.8, 4) is 0 Å². The molecular weight excluding hydrogens is 264 g/mol. The van der Waals surface area contributed by atoms with Crippen LogP contribution in [0.1, 0.15) is 18.7 Å². The molecule has 0 saturated carbocycles. The van der Waals surface area contributed by atoms with Crippen molar-refractivity contribution >= 4 is 16.9 Å². The van der Waals surface area contributed by atoms with Gasteiger partial charge in [0.1, 0.15) is 5.82 Å². The van der Waals surface area contributed by atoms with Crippen LogP contribution in [-0.2, 0) is 18.4 Å². The fraction of sp³-hybridized carbons (Fsp3) is 0.500. The van der Waals surface area contributed by atoms with Crippen molar-refractivity contribution in [1.29, 1.82) is 0 Å². The second kappa shape index (κ2) is 5.85. The predicted octanol–water partition coefficient (Wildman–Crippen LogP) is 1.53. The molecule has 2 heterocycles. The first kappa shape index (κ1) is 14.1. The zero-order chi connectivity index (χ0) is 14.8. The van der Waals surface area contributed by atoms with Gasteiger partial charge in [-0.05, 0) is 38.1 Å². The van der Waals surface area contributed by atoms with Crippen LogP contribution in [0, 0.1) is 5.92 Å². The van der Waals surface area contributed by atoms with E-state index in [9.17, 15) is 4.79 Å². The van der Waals surface area contributed by atoms with E-state index >= 15 is 0 Å². The molecule has 1 aliphatic heterocycles. The maximum Gasteiger partial charge on any atom is 0.222 e. The average Bonchev–Trinajstić information content (AvgIpc) is 2.84. The van der Waals surface area contributed by atoms with Crippen LogP contribution in [0.25, 0.3) is 11.0 Å². The van der Waals surface area contributed by atoms with E-state index in [2.05, 4.69) is 34.0 Å². The van der Waals surface area contributed by atoms with Crippen molar-refractivity contribution < 1.29 is 4.79 Å². The Morgan fingerprint density at radius 1 is 1.33 bits per heavy atom. The van der Waals surface area contributed by atoms with Gasteiger partial charge in [-0.2, -0.15) is 0 Å². The summed E-state index contributed by atoms with van der Waals surface area (Å²) in [6.07, 6.45) is 1.87. The summed E-state index contributed by atoms with van der Waals surface area (Å²) < 4.78 is 2.17. The largest absolute Gasteiger partial charge is 0.359 e. The zero-order valence-corrected chi connectivity index (χ0v) is 12.7. The van der Waals surface area contributed by atoms with Gasteiger partial charge in [-0.25, -0.2) is 4.98 Å². The van der Waals surface area contributed by atoms with Gasteiger partial charge in [-0.15, -0.1) is 0 Å². The maximum atomic E-state index is 11.7. The number of para-hydroxylation sites is 2. The lowest BCUT2D eigenvalue weighted by molar-refractivity contribution is -0.125. The third kappa shape index (κ3) is 2.78. The molecule has 0 spiro atoms. The number of fused-ring (bicyclic) bond motifs is 1. The summed E-state index contributed by atoms with van der Waals surface area (Å²) in [5, 5.41) is 2.75. The minimum atomic E-state index is 0.173. The highest BCUT2D eigenvalue weighted by atomic mass is 16.1. The number of aromatic nitrogens is 2. The summed E-state index contributed by atoms with van der Waals surface area (Å²) in [4.78, 5) is 18.8. The Balaban J connectivity index is 1.67. The molecule has 3 rings (SSSR count). The molecule has 1 N–H and O–H groups in total. The summed E-state index contributed by atoms with van der Waals surface area (Å²) in [5.41, 5.74) is 2.22. The summed E-state index contributed by atoms with van der Waals surface area (Å²) >= 11 is 0. The molecule has 1 saturated heterocycles. The van der Waals surface area contributed by atoms with Crippen molar-refractivity contribution in [2.24, 2.45) is 13.0 Å². The molecule has 1 fully saturated rings. The fourth-order valence-corrected chi connectivity index (χ4v) is 3.09. The first-order chi connectivity index (χ1) is 10.2. The first-order valence-electron chi connectivity index (χ1n) is 7.53. The van der Waals surface area contributed by atoms with Crippen LogP contribution in [-0.4, -0.2) is 40.5 Å². The molecule has 112 valence electrons. The third-order valence-corrected chi connectivity index (χ3v) is 4.45. The summed E-state index contributed by atoms with van der Waals surface area (Å²) in [6, 6.07) is 8.22. The number of hydrogen-bond donors (Lipinski definition) is 1. The smallest absolute Gasteiger partial charge is 0.222 e. The Kier molecular flexibility index (Phi) is 3.92. The molecule has 0 bridgehead atoms. The van der Waals surface area contributed by atoms with Crippen molar-refractivity contribution in [3.63, 3.8) is 0 Å². The van der Waals surface area contributed by atoms with Crippen LogP contribution < -0.4 is 5.32 Å². The van der Waals surface area contributed by atoms with E-state index in [1.165, 1.54) is 5.52 Å². The van der Waals surface area contributed by atoms with Gasteiger partial charge in [0.15, 0.2) is 0 Å². The van der Waals surface area contributed by atoms with E-state index in [1.807, 2.05) is 12.1 Å². The quantitative estimate of drug-likeness (QED) is 0.931. The number of hydrogen-bond acceptors (Lipinski definition) is 3. The highest BCUT2D eigenvalue weighted by Gasteiger charge is 2.24. The van der Waals surface area contributed by atoms with Gasteiger partial charge < -0.3 is 9.88 Å². The molecule has 21 heavy (non-hydrogen) atoms. The molecule has 5 heteroatoms. The van der Waals surface area contributed by atoms with Gasteiger partial charge in [0.05, 0.1) is 17.6 Å². The number of likely N-dealkylation sites (tertiary alicyclic amines) is 1. The van der Waals surface area contributed by atoms with Crippen LogP contribution in [0.2, 0.25) is 0 Å². The topological polar surface area (TPSA) is 50.2 Å². The Hall–Kier alpha value is -1.88. The Labute approximate surface area is 125 Å². The van der Waals surface area contributed by atoms with Gasteiger partial charge >= 0.3 is 0 Å². The number of nitrogens with zero attached hydrogens (tertiary/aromatic N) is 3. The van der Waals surface area contributed by atoms with Crippen LogP contribution >= 0.6 is 0 Å². The van der Waals surface area contributed by atoms with E-state index in [1.54, 1.807) is 7.05 Å². The summed E-state index contributed by atoms with van der Waals surface area (Å²) in [7, 11) is 3.79. The van der Waals surface area contributed by atoms with Crippen molar-refractivity contribution in [2.75, 3.05) is 20.1 Å². The minimum Gasteiger partial charge on any atom is -0.359 e. The number of amides is 1. The number of nitrogens with one attached hydrogen (secondary N) is 1. The zero-order valence-electron chi connectivity index (χ0n) is 12.7. The van der Waals surface area contributed by atoms with Gasteiger partial charge in [0, 0.05) is 20.0 Å². The van der Waals surface area contributed by atoms with Crippen LogP contribution in [0.15, 0.2) is 24.3 Å². The van der Waals surface area contributed by atoms with E-state index in [0.717, 1.165) is 43.8 Å². The highest BCUT2D eigenvalue weighted by molar-refractivity contribution is 5.78. The van der Waals surface area contributed by atoms with E-state index in [4.69, 9.17) is 4.98 Å². The first-order valence-corrected chi connectivity index (χ1v) is 7.53. The Morgan fingerprint density at radius 3 is 2.71 bits per heavy atom. The van der Waals surface area contributed by atoms with Crippen molar-refractivity contribution in [1.82, 2.24) is 19.8 Å². The summed E-state index contributed by atoms with van der Waals surface area (Å²) in [5.74, 6) is 1.44. The van der Waals surface area contributed by atoms with Gasteiger partial charge in [0.2, 0.25) is 5.91 Å². The standard InChI is InChI=1S/C16H22N4O/c1-17-16(21)12-7-9-20(10-8-12)11-15-18-13-5-3-4-6-14(13)19(15)2/h3-6,12H,7-11H2,1-2H3,(H,17,21). The lowest BCUT2D eigenvalue weighted by atomic mass is 9.96. The number of carbonyl (C=O) groups is 1. The number of imidazole rings is 1. The second-order valence-electron chi connectivity index (χ2n) is 5.74. The molecular formula is C16H22N4O. The van der Waals surface area contributed by atoms with Crippen LogP contribution in [0.3, 0.4) is 0 Å². The molecule has 5 nitrogen and oxygen atoms in total. The fourth-order valence-electron chi connectivity index (χ4n) is 3.09. The average molecular weight is 286 g/mol. The molecule has 1 amide bonds. The van der Waals surface area contributed by atoms with Crippen molar-refractivity contribution in [3.05, 3.63) is 30.1 Å².